The molecule has 0 spiro atoms. The van der Waals surface area contributed by atoms with E-state index >= 15 is 0 Å². The Kier molecular flexibility index (Phi) is 3.26. The van der Waals surface area contributed by atoms with Crippen molar-refractivity contribution in [3.63, 3.8) is 0 Å². The van der Waals surface area contributed by atoms with Crippen LogP contribution in [0.4, 0.5) is 0 Å². The predicted molar refractivity (Wildman–Crippen MR) is 80.3 cm³/mol. The summed E-state index contributed by atoms with van der Waals surface area (Å²) < 4.78 is 0. The Morgan fingerprint density at radius 3 is 2.41 bits per heavy atom. The van der Waals surface area contributed by atoms with Crippen molar-refractivity contribution < 1.29 is 19.8 Å². The maximum atomic E-state index is 12.5. The molecule has 6 nitrogen and oxygen atoms in total. The van der Waals surface area contributed by atoms with Gasteiger partial charge < -0.3 is 20.8 Å². The Morgan fingerprint density at radius 1 is 1.18 bits per heavy atom. The maximum Gasteiger partial charge on any atom is 0.257 e. The molecule has 1 saturated heterocycles. The molecule has 1 unspecified atom stereocenters. The van der Waals surface area contributed by atoms with E-state index in [9.17, 15) is 19.8 Å². The molecule has 1 aliphatic heterocycles. The molecule has 2 amide bonds. The number of nitrogens with two attached hydrogens (primary N) is 1. The van der Waals surface area contributed by atoms with Gasteiger partial charge in [-0.15, -0.1) is 0 Å². The molecule has 22 heavy (non-hydrogen) atoms. The molecule has 114 valence electrons. The van der Waals surface area contributed by atoms with Gasteiger partial charge in [0.1, 0.15) is 5.75 Å². The van der Waals surface area contributed by atoms with Gasteiger partial charge in [0.25, 0.3) is 11.8 Å². The molecular formula is C16H16N2O4. The van der Waals surface area contributed by atoms with E-state index in [4.69, 9.17) is 5.73 Å². The molecule has 0 bridgehead atoms. The zero-order valence-electron chi connectivity index (χ0n) is 11.8. The van der Waals surface area contributed by atoms with Gasteiger partial charge >= 0.3 is 0 Å². The summed E-state index contributed by atoms with van der Waals surface area (Å²) in [5, 5.41) is 21.8. The predicted octanol–water partition coefficient (Wildman–Crippen LogP) is 0.608. The molecule has 4 N–H and O–H groups in total. The van der Waals surface area contributed by atoms with Gasteiger partial charge in [-0.25, -0.2) is 0 Å². The number of phenolic OH excluding ortho intramolecular Hbond substituents is 1. The Morgan fingerprint density at radius 2 is 1.82 bits per heavy atom. The lowest BCUT2D eigenvalue weighted by molar-refractivity contribution is -0.134. The number of aromatic hydroxyl groups is 1. The van der Waals surface area contributed by atoms with Crippen molar-refractivity contribution in [1.82, 2.24) is 4.90 Å². The number of hydrogen-bond donors (Lipinski definition) is 3. The van der Waals surface area contributed by atoms with Crippen molar-refractivity contribution in [3.05, 3.63) is 42.0 Å². The zero-order chi connectivity index (χ0) is 15.9. The SMILES string of the molecule is NC(=O)C1(O)CCN(C(=O)c2cc3ccccc3cc2O)C1. The number of primary amides is 1. The number of rotatable bonds is 2. The molecule has 1 fully saturated rings. The highest BCUT2D eigenvalue weighted by Crippen LogP contribution is 2.29. The maximum absolute atomic E-state index is 12.5. The molecule has 0 aromatic heterocycles. The number of amides is 2. The number of fused-ring (bicyclic) bond motifs is 1. The minimum atomic E-state index is -1.69. The van der Waals surface area contributed by atoms with E-state index in [0.29, 0.717) is 0 Å². The fraction of sp³-hybridized carbons (Fsp3) is 0.250. The van der Waals surface area contributed by atoms with Crippen molar-refractivity contribution in [2.24, 2.45) is 5.73 Å². The second-order valence-corrected chi connectivity index (χ2v) is 5.59. The van der Waals surface area contributed by atoms with Crippen LogP contribution >= 0.6 is 0 Å². The second kappa shape index (κ2) is 4.99. The molecule has 0 aliphatic carbocycles. The van der Waals surface area contributed by atoms with Crippen LogP contribution in [0, 0.1) is 0 Å². The van der Waals surface area contributed by atoms with Gasteiger partial charge in [-0.1, -0.05) is 24.3 Å². The summed E-state index contributed by atoms with van der Waals surface area (Å²) in [6.45, 7) is 0.0535. The number of carbonyl (C=O) groups excluding carboxylic acids is 2. The summed E-state index contributed by atoms with van der Waals surface area (Å²) in [7, 11) is 0. The fourth-order valence-corrected chi connectivity index (χ4v) is 2.74. The van der Waals surface area contributed by atoms with Gasteiger partial charge in [0, 0.05) is 13.0 Å². The highest BCUT2D eigenvalue weighted by Gasteiger charge is 2.43. The summed E-state index contributed by atoms with van der Waals surface area (Å²) in [5.41, 5.74) is 3.61. The molecule has 6 heteroatoms. The Hall–Kier alpha value is -2.60. The lowest BCUT2D eigenvalue weighted by Crippen LogP contribution is -2.46. The minimum Gasteiger partial charge on any atom is -0.507 e. The summed E-state index contributed by atoms with van der Waals surface area (Å²) in [5.74, 6) is -1.40. The number of aliphatic hydroxyl groups is 1. The standard InChI is InChI=1S/C16H16N2O4/c17-15(21)16(22)5-6-18(9-16)14(20)12-7-10-3-1-2-4-11(10)8-13(12)19/h1-4,7-8,19,22H,5-6,9H2,(H2,17,21). The Balaban J connectivity index is 1.93. The molecule has 2 aromatic carbocycles. The van der Waals surface area contributed by atoms with Gasteiger partial charge in [0.05, 0.1) is 12.1 Å². The first-order chi connectivity index (χ1) is 10.4. The number of benzene rings is 2. The molecule has 3 rings (SSSR count). The molecule has 0 saturated carbocycles. The first-order valence-corrected chi connectivity index (χ1v) is 6.94. The number of phenols is 1. The van der Waals surface area contributed by atoms with Gasteiger partial charge in [-0.05, 0) is 22.9 Å². The average molecular weight is 300 g/mol. The number of carbonyl (C=O) groups is 2. The average Bonchev–Trinajstić information content (AvgIpc) is 2.90. The number of hydrogen-bond acceptors (Lipinski definition) is 4. The second-order valence-electron chi connectivity index (χ2n) is 5.59. The Labute approximate surface area is 126 Å². The van der Waals surface area contributed by atoms with Crippen LogP contribution in [0.5, 0.6) is 5.75 Å². The lowest BCUT2D eigenvalue weighted by Gasteiger charge is -2.20. The smallest absolute Gasteiger partial charge is 0.257 e. The van der Waals surface area contributed by atoms with Gasteiger partial charge in [-0.2, -0.15) is 0 Å². The monoisotopic (exact) mass is 300 g/mol. The topological polar surface area (TPSA) is 104 Å². The normalized spacial score (nSPS) is 21.2. The van der Waals surface area contributed by atoms with Gasteiger partial charge in [0.2, 0.25) is 0 Å². The molecule has 1 atom stereocenters. The fourth-order valence-electron chi connectivity index (χ4n) is 2.74. The van der Waals surface area contributed by atoms with Crippen molar-refractivity contribution in [3.8, 4) is 5.75 Å². The van der Waals surface area contributed by atoms with E-state index in [1.807, 2.05) is 24.3 Å². The minimum absolute atomic E-state index is 0.0996. The highest BCUT2D eigenvalue weighted by atomic mass is 16.3. The third kappa shape index (κ3) is 2.27. The van der Waals surface area contributed by atoms with Crippen molar-refractivity contribution in [2.75, 3.05) is 13.1 Å². The number of β-amino-alcohol motifs (C(OH)–C–C–N with tert-alkyl or cyclic N) is 1. The summed E-state index contributed by atoms with van der Waals surface area (Å²) in [4.78, 5) is 25.1. The first kappa shape index (κ1) is 14.3. The van der Waals surface area contributed by atoms with E-state index in [1.165, 1.54) is 11.0 Å². The Bertz CT molecular complexity index is 774. The summed E-state index contributed by atoms with van der Waals surface area (Å²) in [6, 6.07) is 10.5. The van der Waals surface area contributed by atoms with Crippen LogP contribution in [-0.4, -0.2) is 45.6 Å². The van der Waals surface area contributed by atoms with Crippen LogP contribution in [-0.2, 0) is 4.79 Å². The van der Waals surface area contributed by atoms with E-state index in [1.54, 1.807) is 6.07 Å². The molecule has 0 radical (unpaired) electrons. The van der Waals surface area contributed by atoms with Crippen LogP contribution in [0.25, 0.3) is 10.8 Å². The lowest BCUT2D eigenvalue weighted by atomic mass is 10.0. The molecule has 1 heterocycles. The van der Waals surface area contributed by atoms with Gasteiger partial charge in [0.15, 0.2) is 5.60 Å². The highest BCUT2D eigenvalue weighted by molar-refractivity contribution is 6.02. The molecule has 1 aliphatic rings. The van der Waals surface area contributed by atoms with Crippen LogP contribution in [0.2, 0.25) is 0 Å². The van der Waals surface area contributed by atoms with Crippen LogP contribution in [0.15, 0.2) is 36.4 Å². The number of nitrogens with zero attached hydrogens (tertiary/aromatic N) is 1. The zero-order valence-corrected chi connectivity index (χ0v) is 11.8. The van der Waals surface area contributed by atoms with Crippen molar-refractivity contribution in [2.45, 2.75) is 12.0 Å². The quantitative estimate of drug-likeness (QED) is 0.755. The van der Waals surface area contributed by atoms with E-state index < -0.39 is 17.4 Å². The van der Waals surface area contributed by atoms with E-state index in [2.05, 4.69) is 0 Å². The van der Waals surface area contributed by atoms with E-state index in [0.717, 1.165) is 10.8 Å². The first-order valence-electron chi connectivity index (χ1n) is 6.94. The van der Waals surface area contributed by atoms with Crippen LogP contribution < -0.4 is 5.73 Å². The van der Waals surface area contributed by atoms with Crippen LogP contribution in [0.1, 0.15) is 16.8 Å². The summed E-state index contributed by atoms with van der Waals surface area (Å²) >= 11 is 0. The van der Waals surface area contributed by atoms with Crippen LogP contribution in [0.3, 0.4) is 0 Å². The third-order valence-corrected chi connectivity index (χ3v) is 4.09. The van der Waals surface area contributed by atoms with Gasteiger partial charge in [-0.3, -0.25) is 9.59 Å². The summed E-state index contributed by atoms with van der Waals surface area (Å²) in [6.07, 6.45) is 0.0996. The third-order valence-electron chi connectivity index (χ3n) is 4.09. The van der Waals surface area contributed by atoms with Crippen molar-refractivity contribution in [1.29, 1.82) is 0 Å². The van der Waals surface area contributed by atoms with E-state index in [-0.39, 0.29) is 30.8 Å². The molecule has 2 aromatic rings. The largest absolute Gasteiger partial charge is 0.507 e. The molecular weight excluding hydrogens is 284 g/mol. The number of likely N-dealkylation sites (tertiary alicyclic amines) is 1. The van der Waals surface area contributed by atoms with Crippen molar-refractivity contribution >= 4 is 22.6 Å².